The Morgan fingerprint density at radius 2 is 1.82 bits per heavy atom. The quantitative estimate of drug-likeness (QED) is 0.326. The van der Waals surface area contributed by atoms with E-state index in [2.05, 4.69) is 9.68 Å². The number of nitrogens with zero attached hydrogens (tertiary/aromatic N) is 3. The summed E-state index contributed by atoms with van der Waals surface area (Å²) in [6.07, 6.45) is 2.62. The van der Waals surface area contributed by atoms with Crippen molar-refractivity contribution in [3.8, 4) is 5.75 Å². The molecule has 0 aliphatic carbocycles. The summed E-state index contributed by atoms with van der Waals surface area (Å²) < 4.78 is 23.4. The molecule has 2 fully saturated rings. The molecule has 1 unspecified atom stereocenters. The molecule has 13 heteroatoms. The van der Waals surface area contributed by atoms with Gasteiger partial charge in [0.25, 0.3) is 0 Å². The summed E-state index contributed by atoms with van der Waals surface area (Å²) in [5.41, 5.74) is 0.0940. The molecule has 0 spiro atoms. The maximum absolute atomic E-state index is 14.3. The lowest BCUT2D eigenvalue weighted by Gasteiger charge is -2.45. The van der Waals surface area contributed by atoms with Gasteiger partial charge in [-0.3, -0.25) is 9.59 Å². The fraction of sp³-hybridized carbons (Fsp3) is 0.500. The molecule has 0 radical (unpaired) electrons. The van der Waals surface area contributed by atoms with Gasteiger partial charge in [-0.05, 0) is 55.5 Å². The molecular formula is C32H41ClN4O7S. The zero-order chi connectivity index (χ0) is 32.9. The van der Waals surface area contributed by atoms with E-state index in [9.17, 15) is 28.5 Å². The zero-order valence-electron chi connectivity index (χ0n) is 26.1. The Balaban J connectivity index is 1.58. The van der Waals surface area contributed by atoms with E-state index in [1.54, 1.807) is 42.7 Å². The minimum absolute atomic E-state index is 0.0120. The van der Waals surface area contributed by atoms with Crippen LogP contribution < -0.4 is 10.1 Å². The Morgan fingerprint density at radius 1 is 1.16 bits per heavy atom. The van der Waals surface area contributed by atoms with Gasteiger partial charge in [-0.25, -0.2) is 13.8 Å². The lowest BCUT2D eigenvalue weighted by atomic mass is 9.74. The minimum Gasteiger partial charge on any atom is -0.496 e. The molecule has 11 nitrogen and oxygen atoms in total. The molecule has 2 N–H and O–H groups in total. The summed E-state index contributed by atoms with van der Waals surface area (Å²) in [5, 5.41) is 12.3. The topological polar surface area (TPSA) is 146 Å². The van der Waals surface area contributed by atoms with E-state index >= 15 is 0 Å². The lowest BCUT2D eigenvalue weighted by molar-refractivity contribution is -0.151. The second-order valence-electron chi connectivity index (χ2n) is 12.1. The second-order valence-corrected chi connectivity index (χ2v) is 15.5. The summed E-state index contributed by atoms with van der Waals surface area (Å²) >= 11 is 6.14. The van der Waals surface area contributed by atoms with Crippen LogP contribution >= 0.6 is 11.6 Å². The van der Waals surface area contributed by atoms with Crippen LogP contribution in [0.3, 0.4) is 0 Å². The molecule has 0 aromatic heterocycles. The first kappa shape index (κ1) is 34.2. The van der Waals surface area contributed by atoms with E-state index in [1.807, 2.05) is 12.1 Å². The van der Waals surface area contributed by atoms with Crippen LogP contribution in [-0.4, -0.2) is 80.7 Å². The van der Waals surface area contributed by atoms with Crippen molar-refractivity contribution in [3.63, 3.8) is 0 Å². The number of rotatable bonds is 10. The predicted octanol–water partition coefficient (Wildman–Crippen LogP) is 5.84. The van der Waals surface area contributed by atoms with E-state index in [4.69, 9.17) is 16.3 Å². The number of likely N-dealkylation sites (tertiary alicyclic amines) is 2. The number of piperidine rings is 1. The van der Waals surface area contributed by atoms with Crippen molar-refractivity contribution in [2.45, 2.75) is 64.2 Å². The smallest absolute Gasteiger partial charge is 0.351 e. The first-order chi connectivity index (χ1) is 21.3. The van der Waals surface area contributed by atoms with Crippen molar-refractivity contribution >= 4 is 50.8 Å². The number of ether oxygens (including phenoxy) is 1. The third-order valence-corrected chi connectivity index (χ3v) is 11.6. The maximum atomic E-state index is 14.3. The highest BCUT2D eigenvalue weighted by atomic mass is 35.5. The van der Waals surface area contributed by atoms with Crippen LogP contribution in [0.25, 0.3) is 0 Å². The van der Waals surface area contributed by atoms with Crippen LogP contribution in [-0.2, 0) is 19.3 Å². The molecule has 2 aromatic rings. The van der Waals surface area contributed by atoms with E-state index in [1.165, 1.54) is 25.3 Å². The van der Waals surface area contributed by atoms with E-state index in [-0.39, 0.29) is 42.0 Å². The van der Waals surface area contributed by atoms with Gasteiger partial charge < -0.3 is 25.0 Å². The van der Waals surface area contributed by atoms with E-state index in [0.717, 1.165) is 18.4 Å². The van der Waals surface area contributed by atoms with Gasteiger partial charge in [0, 0.05) is 48.1 Å². The molecule has 4 amide bonds. The number of carboxylic acids is 1. The number of carbonyl (C=O) groups excluding carboxylic acids is 3. The fourth-order valence-electron chi connectivity index (χ4n) is 5.88. The Kier molecular flexibility index (Phi) is 10.8. The van der Waals surface area contributed by atoms with Gasteiger partial charge in [-0.1, -0.05) is 44.5 Å². The number of aromatic carboxylic acids is 1. The Labute approximate surface area is 269 Å². The van der Waals surface area contributed by atoms with Crippen molar-refractivity contribution in [2.24, 2.45) is 9.78 Å². The van der Waals surface area contributed by atoms with Crippen LogP contribution in [0.2, 0.25) is 5.02 Å². The number of carboxylic acid groups (broad SMARTS) is 1. The standard InChI is InChI=1S/C32H41ClN4O7S/c1-21(2)45(43,35-31(42)36-15-5-6-16-36)18-17-37-26(22-7-9-23(33)10-8-22)13-14-32(3,30(37)41)20-28(38)34-24-11-12-25(29(39)40)27(19-24)44-4/h7-12,19,21,26H,5-6,13-18,20H2,1-4H3,(H,34,38)(H,39,40)/t26-,32+,45?/m0/s1. The number of urea groups is 1. The fourth-order valence-corrected chi connectivity index (χ4v) is 7.62. The predicted molar refractivity (Wildman–Crippen MR) is 173 cm³/mol. The van der Waals surface area contributed by atoms with Crippen LogP contribution in [0.4, 0.5) is 10.5 Å². The molecule has 4 rings (SSSR count). The molecular weight excluding hydrogens is 620 g/mol. The van der Waals surface area contributed by atoms with Crippen molar-refractivity contribution in [1.29, 1.82) is 0 Å². The summed E-state index contributed by atoms with van der Waals surface area (Å²) in [6.45, 7) is 6.56. The molecule has 2 saturated heterocycles. The van der Waals surface area contributed by atoms with Crippen molar-refractivity contribution < 1.29 is 33.2 Å². The first-order valence-corrected chi connectivity index (χ1v) is 17.2. The number of methoxy groups -OCH3 is 1. The number of anilines is 1. The normalized spacial score (nSPS) is 21.4. The highest BCUT2D eigenvalue weighted by Crippen LogP contribution is 2.43. The number of halogens is 1. The van der Waals surface area contributed by atoms with Gasteiger partial charge >= 0.3 is 12.0 Å². The average Bonchev–Trinajstić information content (AvgIpc) is 3.54. The summed E-state index contributed by atoms with van der Waals surface area (Å²) in [6, 6.07) is 10.6. The van der Waals surface area contributed by atoms with Gasteiger partial charge in [0.1, 0.15) is 11.3 Å². The monoisotopic (exact) mass is 660 g/mol. The van der Waals surface area contributed by atoms with E-state index < -0.39 is 38.3 Å². The van der Waals surface area contributed by atoms with Crippen LogP contribution in [0.15, 0.2) is 46.8 Å². The first-order valence-electron chi connectivity index (χ1n) is 15.1. The van der Waals surface area contributed by atoms with Crippen LogP contribution in [0, 0.1) is 5.41 Å². The zero-order valence-corrected chi connectivity index (χ0v) is 27.7. The van der Waals surface area contributed by atoms with Gasteiger partial charge in [0.2, 0.25) is 11.8 Å². The lowest BCUT2D eigenvalue weighted by Crippen LogP contribution is -2.51. The molecule has 2 aliphatic rings. The Morgan fingerprint density at radius 3 is 2.42 bits per heavy atom. The number of nitrogens with one attached hydrogen (secondary N) is 1. The van der Waals surface area contributed by atoms with Gasteiger partial charge in [-0.2, -0.15) is 0 Å². The number of hydrogen-bond acceptors (Lipinski definition) is 6. The average molecular weight is 661 g/mol. The van der Waals surface area contributed by atoms with Gasteiger partial charge in [0.15, 0.2) is 0 Å². The molecule has 0 bridgehead atoms. The van der Waals surface area contributed by atoms with Crippen LogP contribution in [0.5, 0.6) is 5.75 Å². The molecule has 2 aliphatic heterocycles. The Hall–Kier alpha value is -3.64. The maximum Gasteiger partial charge on any atom is 0.351 e. The molecule has 244 valence electrons. The van der Waals surface area contributed by atoms with Crippen molar-refractivity contribution in [2.75, 3.05) is 37.8 Å². The number of benzene rings is 2. The summed E-state index contributed by atoms with van der Waals surface area (Å²) in [5.74, 6) is -1.73. The molecule has 2 heterocycles. The van der Waals surface area contributed by atoms with Crippen molar-refractivity contribution in [1.82, 2.24) is 9.80 Å². The highest BCUT2D eigenvalue weighted by Gasteiger charge is 2.45. The van der Waals surface area contributed by atoms with E-state index in [0.29, 0.717) is 36.6 Å². The SMILES string of the molecule is COc1cc(NC(=O)C[C@@]2(C)CC[C@@H](c3ccc(Cl)cc3)N(CCS(=O)(=NC(=O)N3CCCC3)C(C)C)C2=O)ccc1C(=O)O. The number of amides is 4. The number of hydrogen-bond donors (Lipinski definition) is 2. The molecule has 45 heavy (non-hydrogen) atoms. The summed E-state index contributed by atoms with van der Waals surface area (Å²) in [7, 11) is -1.67. The second kappa shape index (κ2) is 14.2. The third-order valence-electron chi connectivity index (χ3n) is 8.61. The minimum atomic E-state index is -3.01. The third kappa shape index (κ3) is 7.96. The highest BCUT2D eigenvalue weighted by molar-refractivity contribution is 7.94. The largest absolute Gasteiger partial charge is 0.496 e. The van der Waals surface area contributed by atoms with Crippen molar-refractivity contribution in [3.05, 3.63) is 58.6 Å². The summed E-state index contributed by atoms with van der Waals surface area (Å²) in [4.78, 5) is 55.1. The van der Waals surface area contributed by atoms with Crippen LogP contribution in [0.1, 0.15) is 74.8 Å². The molecule has 2 aromatic carbocycles. The van der Waals surface area contributed by atoms with Gasteiger partial charge in [-0.15, -0.1) is 4.36 Å². The van der Waals surface area contributed by atoms with Gasteiger partial charge in [0.05, 0.1) is 34.0 Å². The molecule has 3 atom stereocenters. The Bertz CT molecular complexity index is 1570. The number of carbonyl (C=O) groups is 4. The molecule has 0 saturated carbocycles.